The van der Waals surface area contributed by atoms with Gasteiger partial charge >= 0.3 is 6.03 Å². The molecule has 0 saturated carbocycles. The summed E-state index contributed by atoms with van der Waals surface area (Å²) >= 11 is 0. The van der Waals surface area contributed by atoms with Crippen molar-refractivity contribution in [2.45, 2.75) is 18.9 Å². The zero-order valence-electron chi connectivity index (χ0n) is 18.1. The summed E-state index contributed by atoms with van der Waals surface area (Å²) in [6, 6.07) is 15.0. The molecule has 1 N–H and O–H groups in total. The van der Waals surface area contributed by atoms with Gasteiger partial charge < -0.3 is 19.9 Å². The van der Waals surface area contributed by atoms with Gasteiger partial charge in [0.1, 0.15) is 11.6 Å². The van der Waals surface area contributed by atoms with Crippen molar-refractivity contribution >= 4 is 11.7 Å². The molecule has 2 aliphatic heterocycles. The molecule has 6 nitrogen and oxygen atoms in total. The summed E-state index contributed by atoms with van der Waals surface area (Å²) in [6.45, 7) is 5.04. The first kappa shape index (κ1) is 21.4. The second kappa shape index (κ2) is 10.0. The topological polar surface area (TPSA) is 48.1 Å². The van der Waals surface area contributed by atoms with Crippen molar-refractivity contribution in [1.29, 1.82) is 0 Å². The Labute approximate surface area is 183 Å². The molecule has 4 rings (SSSR count). The molecule has 0 radical (unpaired) electrons. The SMILES string of the molecule is COc1cccc(C(CNC(=O)N2CCN(c3ccccc3F)CC2)N2CCCC2)c1. The zero-order chi connectivity index (χ0) is 21.6. The van der Waals surface area contributed by atoms with Gasteiger partial charge in [-0.15, -0.1) is 0 Å². The molecule has 2 aromatic carbocycles. The largest absolute Gasteiger partial charge is 0.497 e. The van der Waals surface area contributed by atoms with Crippen LogP contribution in [0.1, 0.15) is 24.4 Å². The molecule has 0 aromatic heterocycles. The van der Waals surface area contributed by atoms with Gasteiger partial charge in [0.15, 0.2) is 0 Å². The van der Waals surface area contributed by atoms with Gasteiger partial charge in [-0.25, -0.2) is 9.18 Å². The number of nitrogens with one attached hydrogen (secondary N) is 1. The highest BCUT2D eigenvalue weighted by Crippen LogP contribution is 2.27. The van der Waals surface area contributed by atoms with Crippen molar-refractivity contribution in [2.75, 3.05) is 57.8 Å². The molecule has 2 amide bonds. The summed E-state index contributed by atoms with van der Waals surface area (Å²) in [7, 11) is 1.67. The Balaban J connectivity index is 1.35. The maximum Gasteiger partial charge on any atom is 0.317 e. The number of amides is 2. The third-order valence-corrected chi connectivity index (χ3v) is 6.27. The number of methoxy groups -OCH3 is 1. The number of piperazine rings is 1. The lowest BCUT2D eigenvalue weighted by Crippen LogP contribution is -2.53. The first-order valence-corrected chi connectivity index (χ1v) is 11.1. The van der Waals surface area contributed by atoms with Crippen LogP contribution in [0.25, 0.3) is 0 Å². The summed E-state index contributed by atoms with van der Waals surface area (Å²) in [6.07, 6.45) is 2.37. The molecule has 31 heavy (non-hydrogen) atoms. The lowest BCUT2D eigenvalue weighted by molar-refractivity contribution is 0.185. The molecular formula is C24H31FN4O2. The van der Waals surface area contributed by atoms with Gasteiger partial charge in [-0.2, -0.15) is 0 Å². The molecule has 166 valence electrons. The number of benzene rings is 2. The van der Waals surface area contributed by atoms with E-state index in [0.717, 1.165) is 24.4 Å². The van der Waals surface area contributed by atoms with Crippen molar-refractivity contribution in [3.8, 4) is 5.75 Å². The van der Waals surface area contributed by atoms with E-state index in [2.05, 4.69) is 22.3 Å². The number of anilines is 1. The van der Waals surface area contributed by atoms with Crippen LogP contribution in [0.2, 0.25) is 0 Å². The van der Waals surface area contributed by atoms with Crippen LogP contribution in [0.15, 0.2) is 48.5 Å². The Morgan fingerprint density at radius 1 is 1.03 bits per heavy atom. The molecule has 2 aliphatic rings. The average Bonchev–Trinajstić information content (AvgIpc) is 3.34. The van der Waals surface area contributed by atoms with Gasteiger partial charge in [-0.1, -0.05) is 24.3 Å². The van der Waals surface area contributed by atoms with Crippen molar-refractivity contribution in [3.05, 3.63) is 59.9 Å². The minimum Gasteiger partial charge on any atom is -0.497 e. The number of ether oxygens (including phenoxy) is 1. The van der Waals surface area contributed by atoms with Crippen LogP contribution in [-0.4, -0.2) is 68.8 Å². The molecular weight excluding hydrogens is 395 g/mol. The van der Waals surface area contributed by atoms with Gasteiger partial charge in [-0.05, 0) is 55.8 Å². The van der Waals surface area contributed by atoms with Crippen molar-refractivity contribution in [2.24, 2.45) is 0 Å². The molecule has 2 fully saturated rings. The minimum atomic E-state index is -0.216. The lowest BCUT2D eigenvalue weighted by Gasteiger charge is -2.36. The van der Waals surface area contributed by atoms with E-state index >= 15 is 0 Å². The maximum absolute atomic E-state index is 14.1. The van der Waals surface area contributed by atoms with Crippen LogP contribution in [-0.2, 0) is 0 Å². The number of rotatable bonds is 6. The van der Waals surface area contributed by atoms with Gasteiger partial charge in [0.05, 0.1) is 18.8 Å². The number of para-hydroxylation sites is 1. The maximum atomic E-state index is 14.1. The van der Waals surface area contributed by atoms with E-state index in [-0.39, 0.29) is 17.9 Å². The van der Waals surface area contributed by atoms with Gasteiger partial charge in [0.25, 0.3) is 0 Å². The fraction of sp³-hybridized carbons (Fsp3) is 0.458. The third kappa shape index (κ3) is 5.10. The van der Waals surface area contributed by atoms with E-state index in [1.54, 1.807) is 19.2 Å². The zero-order valence-corrected chi connectivity index (χ0v) is 18.1. The molecule has 1 unspecified atom stereocenters. The Kier molecular flexibility index (Phi) is 6.92. The van der Waals surface area contributed by atoms with E-state index in [0.29, 0.717) is 38.4 Å². The molecule has 0 bridgehead atoms. The van der Waals surface area contributed by atoms with Crippen LogP contribution in [0, 0.1) is 5.82 Å². The standard InChI is InChI=1S/C24H31FN4O2/c1-31-20-8-6-7-19(17-20)23(27-11-4-5-12-27)18-26-24(30)29-15-13-28(14-16-29)22-10-3-2-9-21(22)25/h2-3,6-10,17,23H,4-5,11-16,18H2,1H3,(H,26,30). The Morgan fingerprint density at radius 2 is 1.77 bits per heavy atom. The fourth-order valence-electron chi connectivity index (χ4n) is 4.51. The van der Waals surface area contributed by atoms with Crippen LogP contribution >= 0.6 is 0 Å². The van der Waals surface area contributed by atoms with Crippen molar-refractivity contribution in [3.63, 3.8) is 0 Å². The smallest absolute Gasteiger partial charge is 0.317 e. The summed E-state index contributed by atoms with van der Waals surface area (Å²) in [4.78, 5) is 19.1. The molecule has 0 spiro atoms. The predicted molar refractivity (Wildman–Crippen MR) is 120 cm³/mol. The number of urea groups is 1. The molecule has 0 aliphatic carbocycles. The highest BCUT2D eigenvalue weighted by atomic mass is 19.1. The lowest BCUT2D eigenvalue weighted by atomic mass is 10.1. The summed E-state index contributed by atoms with van der Waals surface area (Å²) in [5.41, 5.74) is 1.76. The molecule has 7 heteroatoms. The number of nitrogens with zero attached hydrogens (tertiary/aromatic N) is 3. The van der Waals surface area contributed by atoms with Crippen LogP contribution in [0.4, 0.5) is 14.9 Å². The fourth-order valence-corrected chi connectivity index (χ4v) is 4.51. The van der Waals surface area contributed by atoms with E-state index in [1.165, 1.54) is 18.9 Å². The number of likely N-dealkylation sites (tertiary alicyclic amines) is 1. The van der Waals surface area contributed by atoms with Crippen LogP contribution < -0.4 is 15.0 Å². The molecule has 2 heterocycles. The second-order valence-corrected chi connectivity index (χ2v) is 8.15. The highest BCUT2D eigenvalue weighted by molar-refractivity contribution is 5.74. The molecule has 1 atom stereocenters. The minimum absolute atomic E-state index is 0.0553. The van der Waals surface area contributed by atoms with Gasteiger partial charge in [-0.3, -0.25) is 4.90 Å². The Bertz CT molecular complexity index is 879. The quantitative estimate of drug-likeness (QED) is 0.768. The van der Waals surface area contributed by atoms with Gasteiger partial charge in [0, 0.05) is 32.7 Å². The first-order valence-electron chi connectivity index (χ1n) is 11.1. The normalized spacial score (nSPS) is 18.1. The summed E-state index contributed by atoms with van der Waals surface area (Å²) in [5.74, 6) is 0.615. The number of halogens is 1. The number of hydrogen-bond donors (Lipinski definition) is 1. The Hall–Kier alpha value is -2.80. The third-order valence-electron chi connectivity index (χ3n) is 6.27. The van der Waals surface area contributed by atoms with Crippen LogP contribution in [0.5, 0.6) is 5.75 Å². The number of carbonyl (C=O) groups is 1. The number of hydrogen-bond acceptors (Lipinski definition) is 4. The van der Waals surface area contributed by atoms with E-state index in [9.17, 15) is 9.18 Å². The monoisotopic (exact) mass is 426 g/mol. The Morgan fingerprint density at radius 3 is 2.48 bits per heavy atom. The van der Waals surface area contributed by atoms with E-state index in [1.807, 2.05) is 28.0 Å². The molecule has 2 aromatic rings. The average molecular weight is 427 g/mol. The first-order chi connectivity index (χ1) is 15.2. The number of carbonyl (C=O) groups excluding carboxylic acids is 1. The molecule has 2 saturated heterocycles. The highest BCUT2D eigenvalue weighted by Gasteiger charge is 2.27. The predicted octanol–water partition coefficient (Wildman–Crippen LogP) is 3.50. The second-order valence-electron chi connectivity index (χ2n) is 8.15. The van der Waals surface area contributed by atoms with E-state index in [4.69, 9.17) is 4.74 Å². The van der Waals surface area contributed by atoms with Crippen molar-refractivity contribution in [1.82, 2.24) is 15.1 Å². The van der Waals surface area contributed by atoms with Crippen molar-refractivity contribution < 1.29 is 13.9 Å². The van der Waals surface area contributed by atoms with Gasteiger partial charge in [0.2, 0.25) is 0 Å². The summed E-state index contributed by atoms with van der Waals surface area (Å²) < 4.78 is 19.5. The summed E-state index contributed by atoms with van der Waals surface area (Å²) in [5, 5.41) is 3.14. The van der Waals surface area contributed by atoms with E-state index < -0.39 is 0 Å². The van der Waals surface area contributed by atoms with Crippen LogP contribution in [0.3, 0.4) is 0 Å².